The summed E-state index contributed by atoms with van der Waals surface area (Å²) in [6.07, 6.45) is 13.2. The second kappa shape index (κ2) is 9.96. The molecule has 1 aromatic heterocycles. The van der Waals surface area contributed by atoms with E-state index in [2.05, 4.69) is 73.8 Å². The summed E-state index contributed by atoms with van der Waals surface area (Å²) in [5, 5.41) is 2.22. The monoisotopic (exact) mass is 416 g/mol. The molecule has 158 valence electrons. The Balaban J connectivity index is 1.83. The van der Waals surface area contributed by atoms with E-state index in [0.717, 1.165) is 0 Å². The van der Waals surface area contributed by atoms with E-state index in [1.165, 1.54) is 85.8 Å². The molecule has 1 aliphatic rings. The molecule has 0 bridgehead atoms. The van der Waals surface area contributed by atoms with Crippen molar-refractivity contribution in [3.05, 3.63) is 71.1 Å². The maximum Gasteiger partial charge on any atom is 0.0346 e. The number of thiophene rings is 1. The third kappa shape index (κ3) is 4.02. The van der Waals surface area contributed by atoms with Crippen LogP contribution in [0.4, 0.5) is 0 Å². The van der Waals surface area contributed by atoms with Crippen LogP contribution in [0.5, 0.6) is 0 Å². The van der Waals surface area contributed by atoms with E-state index in [1.807, 2.05) is 11.3 Å². The van der Waals surface area contributed by atoms with Crippen LogP contribution in [0, 0.1) is 0 Å². The third-order valence-corrected chi connectivity index (χ3v) is 7.88. The average Bonchev–Trinajstić information content (AvgIpc) is 3.41. The Morgan fingerprint density at radius 2 is 1.30 bits per heavy atom. The molecule has 1 heteroatoms. The van der Waals surface area contributed by atoms with E-state index in [4.69, 9.17) is 0 Å². The highest BCUT2D eigenvalue weighted by atomic mass is 32.1. The van der Waals surface area contributed by atoms with Gasteiger partial charge in [-0.3, -0.25) is 0 Å². The van der Waals surface area contributed by atoms with Gasteiger partial charge in [0, 0.05) is 10.3 Å². The van der Waals surface area contributed by atoms with E-state index in [1.54, 1.807) is 11.1 Å². The van der Waals surface area contributed by atoms with E-state index < -0.39 is 0 Å². The van der Waals surface area contributed by atoms with Crippen molar-refractivity contribution < 1.29 is 0 Å². The van der Waals surface area contributed by atoms with Gasteiger partial charge in [-0.05, 0) is 52.1 Å². The minimum atomic E-state index is 0.175. The second-order valence-corrected chi connectivity index (χ2v) is 9.90. The van der Waals surface area contributed by atoms with Crippen molar-refractivity contribution in [2.24, 2.45) is 0 Å². The summed E-state index contributed by atoms with van der Waals surface area (Å²) >= 11 is 1.89. The number of hydrogen-bond donors (Lipinski definition) is 0. The first-order valence-electron chi connectivity index (χ1n) is 12.1. The van der Waals surface area contributed by atoms with Gasteiger partial charge in [0.15, 0.2) is 0 Å². The Kier molecular flexibility index (Phi) is 7.10. The van der Waals surface area contributed by atoms with Gasteiger partial charge in [-0.1, -0.05) is 114 Å². The molecule has 4 rings (SSSR count). The van der Waals surface area contributed by atoms with Crippen molar-refractivity contribution in [3.8, 4) is 21.6 Å². The molecule has 0 amide bonds. The summed E-state index contributed by atoms with van der Waals surface area (Å²) in [6, 6.07) is 20.8. The smallest absolute Gasteiger partial charge is 0.0346 e. The fourth-order valence-electron chi connectivity index (χ4n) is 5.55. The van der Waals surface area contributed by atoms with Crippen LogP contribution in [0.3, 0.4) is 0 Å². The maximum atomic E-state index is 2.44. The average molecular weight is 417 g/mol. The van der Waals surface area contributed by atoms with Gasteiger partial charge in [0.25, 0.3) is 0 Å². The summed E-state index contributed by atoms with van der Waals surface area (Å²) in [6.45, 7) is 4.63. The molecular weight excluding hydrogens is 380 g/mol. The van der Waals surface area contributed by atoms with Gasteiger partial charge >= 0.3 is 0 Å². The number of unbranched alkanes of at least 4 members (excludes halogenated alkanes) is 6. The lowest BCUT2D eigenvalue weighted by Gasteiger charge is -2.34. The van der Waals surface area contributed by atoms with Crippen LogP contribution >= 0.6 is 11.3 Å². The standard InChI is InChI=1S/C29H36S/c1-3-5-7-11-20-29(21-12-8-6-4-2)26-18-10-9-15-23(26)24-16-13-17-25(28(24)29)27-19-14-22-30-27/h9-10,13-19,22H,3-8,11-12,20-21H2,1-2H3. The van der Waals surface area contributed by atoms with Gasteiger partial charge in [-0.25, -0.2) is 0 Å². The van der Waals surface area contributed by atoms with Crippen LogP contribution in [0.2, 0.25) is 0 Å². The predicted octanol–water partition coefficient (Wildman–Crippen LogP) is 9.62. The molecule has 2 aromatic carbocycles. The Morgan fingerprint density at radius 3 is 1.97 bits per heavy atom. The van der Waals surface area contributed by atoms with E-state index in [0.29, 0.717) is 0 Å². The van der Waals surface area contributed by atoms with Crippen LogP contribution in [0.15, 0.2) is 60.0 Å². The van der Waals surface area contributed by atoms with Crippen molar-refractivity contribution in [2.75, 3.05) is 0 Å². The molecule has 0 spiro atoms. The summed E-state index contributed by atoms with van der Waals surface area (Å²) < 4.78 is 0. The van der Waals surface area contributed by atoms with Crippen molar-refractivity contribution in [2.45, 2.75) is 83.5 Å². The molecule has 0 N–H and O–H groups in total. The van der Waals surface area contributed by atoms with Gasteiger partial charge in [0.1, 0.15) is 0 Å². The van der Waals surface area contributed by atoms with Crippen molar-refractivity contribution in [1.29, 1.82) is 0 Å². The molecule has 0 fully saturated rings. The predicted molar refractivity (Wildman–Crippen MR) is 133 cm³/mol. The first-order chi connectivity index (χ1) is 14.8. The molecule has 1 heterocycles. The van der Waals surface area contributed by atoms with Crippen LogP contribution in [0.25, 0.3) is 21.6 Å². The maximum absolute atomic E-state index is 2.44. The Bertz CT molecular complexity index is 923. The number of benzene rings is 2. The van der Waals surface area contributed by atoms with Crippen molar-refractivity contribution in [1.82, 2.24) is 0 Å². The molecular formula is C29H36S. The minimum absolute atomic E-state index is 0.175. The molecule has 0 atom stereocenters. The van der Waals surface area contributed by atoms with Crippen molar-refractivity contribution in [3.63, 3.8) is 0 Å². The van der Waals surface area contributed by atoms with E-state index in [-0.39, 0.29) is 5.41 Å². The molecule has 0 saturated carbocycles. The van der Waals surface area contributed by atoms with Crippen molar-refractivity contribution >= 4 is 11.3 Å². The van der Waals surface area contributed by atoms with Gasteiger partial charge in [0.05, 0.1) is 0 Å². The van der Waals surface area contributed by atoms with Gasteiger partial charge < -0.3 is 0 Å². The van der Waals surface area contributed by atoms with E-state index in [9.17, 15) is 0 Å². The largest absolute Gasteiger partial charge is 0.144 e. The fourth-order valence-corrected chi connectivity index (χ4v) is 6.31. The Labute approximate surface area is 187 Å². The van der Waals surface area contributed by atoms with Crippen LogP contribution in [-0.2, 0) is 5.41 Å². The summed E-state index contributed by atoms with van der Waals surface area (Å²) in [5.74, 6) is 0. The molecule has 0 nitrogen and oxygen atoms in total. The zero-order chi connectivity index (χ0) is 20.8. The number of hydrogen-bond acceptors (Lipinski definition) is 1. The fraction of sp³-hybridized carbons (Fsp3) is 0.448. The lowest BCUT2D eigenvalue weighted by Crippen LogP contribution is -2.26. The van der Waals surface area contributed by atoms with Gasteiger partial charge in [0.2, 0.25) is 0 Å². The molecule has 3 aromatic rings. The molecule has 0 radical (unpaired) electrons. The van der Waals surface area contributed by atoms with Gasteiger partial charge in [-0.2, -0.15) is 0 Å². The quantitative estimate of drug-likeness (QED) is 0.273. The highest BCUT2D eigenvalue weighted by Crippen LogP contribution is 2.57. The molecule has 0 aliphatic heterocycles. The lowest BCUT2D eigenvalue weighted by molar-refractivity contribution is 0.402. The molecule has 1 aliphatic carbocycles. The van der Waals surface area contributed by atoms with Crippen LogP contribution in [0.1, 0.15) is 89.2 Å². The highest BCUT2D eigenvalue weighted by molar-refractivity contribution is 7.13. The second-order valence-electron chi connectivity index (χ2n) is 8.95. The topological polar surface area (TPSA) is 0 Å². The zero-order valence-corrected chi connectivity index (χ0v) is 19.6. The van der Waals surface area contributed by atoms with Gasteiger partial charge in [-0.15, -0.1) is 11.3 Å². The number of rotatable bonds is 11. The number of fused-ring (bicyclic) bond motifs is 3. The highest BCUT2D eigenvalue weighted by Gasteiger charge is 2.43. The Morgan fingerprint density at radius 1 is 0.633 bits per heavy atom. The normalized spacial score (nSPS) is 13.9. The van der Waals surface area contributed by atoms with Crippen LogP contribution < -0.4 is 0 Å². The van der Waals surface area contributed by atoms with Crippen LogP contribution in [-0.4, -0.2) is 0 Å². The Hall–Kier alpha value is -1.86. The first-order valence-corrected chi connectivity index (χ1v) is 13.0. The summed E-state index contributed by atoms with van der Waals surface area (Å²) in [4.78, 5) is 1.42. The first kappa shape index (κ1) is 21.4. The molecule has 0 saturated heterocycles. The molecule has 0 unspecified atom stereocenters. The summed E-state index contributed by atoms with van der Waals surface area (Å²) in [7, 11) is 0. The third-order valence-electron chi connectivity index (χ3n) is 6.98. The van der Waals surface area contributed by atoms with E-state index >= 15 is 0 Å². The minimum Gasteiger partial charge on any atom is -0.144 e. The SMILES string of the molecule is CCCCCCC1(CCCCCC)c2ccccc2-c2cccc(-c3cccs3)c21. The molecule has 30 heavy (non-hydrogen) atoms. The lowest BCUT2D eigenvalue weighted by atomic mass is 9.69. The summed E-state index contributed by atoms with van der Waals surface area (Å²) in [5.41, 5.74) is 7.84. The zero-order valence-electron chi connectivity index (χ0n) is 18.8.